The summed E-state index contributed by atoms with van der Waals surface area (Å²) in [5.41, 5.74) is 2.94. The number of nitrogens with zero attached hydrogens (tertiary/aromatic N) is 1. The standard InChI is InChI=1S/C24H19ClN2O3/c25-20-10-6-18(7-11-20)15-27-23(28)22(26-24(27)29)14-17-8-12-21(13-9-17)30-16-19-4-2-1-3-5-19/h1-14H,15-16H2,(H,26,29)/b22-14+. The predicted molar refractivity (Wildman–Crippen MR) is 116 cm³/mol. The highest BCUT2D eigenvalue weighted by atomic mass is 35.5. The van der Waals surface area contributed by atoms with E-state index in [4.69, 9.17) is 16.3 Å². The van der Waals surface area contributed by atoms with E-state index in [1.807, 2.05) is 54.6 Å². The van der Waals surface area contributed by atoms with Gasteiger partial charge in [0.1, 0.15) is 18.1 Å². The minimum absolute atomic E-state index is 0.186. The summed E-state index contributed by atoms with van der Waals surface area (Å²) < 4.78 is 5.77. The number of hydrogen-bond acceptors (Lipinski definition) is 3. The van der Waals surface area contributed by atoms with Crippen LogP contribution in [0.4, 0.5) is 4.79 Å². The van der Waals surface area contributed by atoms with E-state index in [1.54, 1.807) is 30.3 Å². The van der Waals surface area contributed by atoms with E-state index in [1.165, 1.54) is 4.90 Å². The molecule has 0 atom stereocenters. The summed E-state index contributed by atoms with van der Waals surface area (Å²) in [6, 6.07) is 23.9. The minimum Gasteiger partial charge on any atom is -0.489 e. The third-order valence-electron chi connectivity index (χ3n) is 4.66. The second-order valence-electron chi connectivity index (χ2n) is 6.85. The monoisotopic (exact) mass is 418 g/mol. The van der Waals surface area contributed by atoms with Crippen molar-refractivity contribution in [3.8, 4) is 5.75 Å². The Morgan fingerprint density at radius 2 is 1.57 bits per heavy atom. The van der Waals surface area contributed by atoms with Crippen LogP contribution in [-0.4, -0.2) is 16.8 Å². The van der Waals surface area contributed by atoms with Gasteiger partial charge in [-0.05, 0) is 47.0 Å². The first-order valence-electron chi connectivity index (χ1n) is 9.44. The number of hydrogen-bond donors (Lipinski definition) is 1. The molecule has 0 unspecified atom stereocenters. The SMILES string of the molecule is O=C1N/C(=C/c2ccc(OCc3ccccc3)cc2)C(=O)N1Cc1ccc(Cl)cc1. The van der Waals surface area contributed by atoms with Gasteiger partial charge < -0.3 is 10.1 Å². The highest BCUT2D eigenvalue weighted by molar-refractivity contribution is 6.30. The van der Waals surface area contributed by atoms with Gasteiger partial charge in [-0.15, -0.1) is 0 Å². The molecule has 0 bridgehead atoms. The zero-order chi connectivity index (χ0) is 20.9. The third-order valence-corrected chi connectivity index (χ3v) is 4.91. The molecule has 0 spiro atoms. The van der Waals surface area contributed by atoms with Crippen molar-refractivity contribution in [3.05, 3.63) is 106 Å². The van der Waals surface area contributed by atoms with Crippen molar-refractivity contribution in [2.24, 2.45) is 0 Å². The van der Waals surface area contributed by atoms with E-state index < -0.39 is 6.03 Å². The van der Waals surface area contributed by atoms with Crippen LogP contribution in [0.25, 0.3) is 6.08 Å². The molecular weight excluding hydrogens is 400 g/mol. The molecule has 150 valence electrons. The summed E-state index contributed by atoms with van der Waals surface area (Å²) in [4.78, 5) is 26.1. The van der Waals surface area contributed by atoms with Crippen molar-refractivity contribution in [1.82, 2.24) is 10.2 Å². The number of rotatable bonds is 6. The third kappa shape index (κ3) is 4.70. The van der Waals surface area contributed by atoms with Crippen molar-refractivity contribution in [2.75, 3.05) is 0 Å². The topological polar surface area (TPSA) is 58.6 Å². The number of halogens is 1. The van der Waals surface area contributed by atoms with Crippen LogP contribution in [0.1, 0.15) is 16.7 Å². The van der Waals surface area contributed by atoms with Crippen molar-refractivity contribution in [2.45, 2.75) is 13.2 Å². The number of benzene rings is 3. The lowest BCUT2D eigenvalue weighted by Crippen LogP contribution is -2.30. The molecule has 0 aromatic heterocycles. The Morgan fingerprint density at radius 1 is 0.867 bits per heavy atom. The smallest absolute Gasteiger partial charge is 0.329 e. The average molecular weight is 419 g/mol. The molecular formula is C24H19ClN2O3. The molecule has 0 radical (unpaired) electrons. The minimum atomic E-state index is -0.441. The second-order valence-corrected chi connectivity index (χ2v) is 7.29. The number of ether oxygens (including phenoxy) is 1. The summed E-state index contributed by atoms with van der Waals surface area (Å²) in [7, 11) is 0. The van der Waals surface area contributed by atoms with Crippen molar-refractivity contribution < 1.29 is 14.3 Å². The highest BCUT2D eigenvalue weighted by Crippen LogP contribution is 2.20. The molecule has 30 heavy (non-hydrogen) atoms. The molecule has 3 aromatic rings. The van der Waals surface area contributed by atoms with E-state index >= 15 is 0 Å². The van der Waals surface area contributed by atoms with Crippen LogP contribution in [0.2, 0.25) is 5.02 Å². The van der Waals surface area contributed by atoms with Crippen LogP contribution in [0, 0.1) is 0 Å². The van der Waals surface area contributed by atoms with Crippen LogP contribution < -0.4 is 10.1 Å². The Balaban J connectivity index is 1.41. The summed E-state index contributed by atoms with van der Waals surface area (Å²) in [6.45, 7) is 0.668. The van der Waals surface area contributed by atoms with Gasteiger partial charge in [0.05, 0.1) is 6.54 Å². The second kappa shape index (κ2) is 8.84. The molecule has 1 aliphatic heterocycles. The van der Waals surface area contributed by atoms with Gasteiger partial charge in [-0.3, -0.25) is 9.69 Å². The Kier molecular flexibility index (Phi) is 5.82. The van der Waals surface area contributed by atoms with E-state index in [9.17, 15) is 9.59 Å². The van der Waals surface area contributed by atoms with E-state index in [0.29, 0.717) is 11.6 Å². The fourth-order valence-corrected chi connectivity index (χ4v) is 3.18. The molecule has 3 amide bonds. The molecule has 1 heterocycles. The van der Waals surface area contributed by atoms with Gasteiger partial charge in [0, 0.05) is 5.02 Å². The van der Waals surface area contributed by atoms with Gasteiger partial charge in [0.15, 0.2) is 0 Å². The fraction of sp³-hybridized carbons (Fsp3) is 0.0833. The van der Waals surface area contributed by atoms with Crippen molar-refractivity contribution in [3.63, 3.8) is 0 Å². The number of urea groups is 1. The maximum absolute atomic E-state index is 12.6. The Labute approximate surface area is 179 Å². The van der Waals surface area contributed by atoms with Crippen LogP contribution in [0.3, 0.4) is 0 Å². The van der Waals surface area contributed by atoms with E-state index in [-0.39, 0.29) is 18.1 Å². The van der Waals surface area contributed by atoms with E-state index in [0.717, 1.165) is 22.4 Å². The van der Waals surface area contributed by atoms with Crippen LogP contribution in [0.15, 0.2) is 84.6 Å². The van der Waals surface area contributed by atoms with Gasteiger partial charge in [0.2, 0.25) is 0 Å². The average Bonchev–Trinajstić information content (AvgIpc) is 3.03. The first-order chi connectivity index (χ1) is 14.6. The summed E-state index contributed by atoms with van der Waals surface area (Å²) in [6.07, 6.45) is 1.66. The van der Waals surface area contributed by atoms with Crippen LogP contribution in [0.5, 0.6) is 5.75 Å². The molecule has 0 saturated carbocycles. The van der Waals surface area contributed by atoms with Gasteiger partial charge in [0.25, 0.3) is 5.91 Å². The summed E-state index contributed by atoms with van der Waals surface area (Å²) in [5.74, 6) is 0.367. The Morgan fingerprint density at radius 3 is 2.27 bits per heavy atom. The van der Waals surface area contributed by atoms with E-state index in [2.05, 4.69) is 5.32 Å². The number of carbonyl (C=O) groups excluding carboxylic acids is 2. The normalized spacial score (nSPS) is 14.8. The van der Waals surface area contributed by atoms with Crippen LogP contribution >= 0.6 is 11.6 Å². The molecule has 1 aliphatic rings. The molecule has 0 aliphatic carbocycles. The fourth-order valence-electron chi connectivity index (χ4n) is 3.06. The van der Waals surface area contributed by atoms with Crippen molar-refractivity contribution in [1.29, 1.82) is 0 Å². The number of amides is 3. The lowest BCUT2D eigenvalue weighted by Gasteiger charge is -2.11. The van der Waals surface area contributed by atoms with Gasteiger partial charge in [-0.25, -0.2) is 4.79 Å². The molecule has 4 rings (SSSR count). The molecule has 1 N–H and O–H groups in total. The first kappa shape index (κ1) is 19.7. The molecule has 5 nitrogen and oxygen atoms in total. The van der Waals surface area contributed by atoms with Gasteiger partial charge in [-0.2, -0.15) is 0 Å². The van der Waals surface area contributed by atoms with Gasteiger partial charge in [-0.1, -0.05) is 66.2 Å². The summed E-state index contributed by atoms with van der Waals surface area (Å²) >= 11 is 5.88. The van der Waals surface area contributed by atoms with Crippen molar-refractivity contribution >= 4 is 29.6 Å². The predicted octanol–water partition coefficient (Wildman–Crippen LogP) is 5.01. The molecule has 3 aromatic carbocycles. The maximum atomic E-state index is 12.6. The molecule has 1 fully saturated rings. The Bertz CT molecular complexity index is 1080. The van der Waals surface area contributed by atoms with Gasteiger partial charge >= 0.3 is 6.03 Å². The Hall–Kier alpha value is -3.57. The lowest BCUT2D eigenvalue weighted by molar-refractivity contribution is -0.123. The quantitative estimate of drug-likeness (QED) is 0.452. The largest absolute Gasteiger partial charge is 0.489 e. The number of imide groups is 1. The van der Waals surface area contributed by atoms with Crippen LogP contribution in [-0.2, 0) is 17.9 Å². The first-order valence-corrected chi connectivity index (χ1v) is 9.82. The zero-order valence-corrected chi connectivity index (χ0v) is 16.8. The molecule has 6 heteroatoms. The maximum Gasteiger partial charge on any atom is 0.329 e. The number of nitrogens with one attached hydrogen (secondary N) is 1. The molecule has 1 saturated heterocycles. The summed E-state index contributed by atoms with van der Waals surface area (Å²) in [5, 5.41) is 3.24. The zero-order valence-electron chi connectivity index (χ0n) is 16.0. The lowest BCUT2D eigenvalue weighted by atomic mass is 10.1. The highest BCUT2D eigenvalue weighted by Gasteiger charge is 2.33. The number of carbonyl (C=O) groups is 2.